The van der Waals surface area contributed by atoms with Crippen molar-refractivity contribution in [3.63, 3.8) is 0 Å². The summed E-state index contributed by atoms with van der Waals surface area (Å²) in [7, 11) is 0. The molecule has 21 heavy (non-hydrogen) atoms. The van der Waals surface area contributed by atoms with Crippen LogP contribution in [0.2, 0.25) is 0 Å². The maximum atomic E-state index is 6.14. The van der Waals surface area contributed by atoms with Crippen molar-refractivity contribution in [2.24, 2.45) is 11.3 Å². The molecule has 116 valence electrons. The van der Waals surface area contributed by atoms with E-state index in [1.807, 2.05) is 6.20 Å². The summed E-state index contributed by atoms with van der Waals surface area (Å²) in [6, 6.07) is 4.24. The highest BCUT2D eigenvalue weighted by atomic mass is 79.9. The molecule has 2 fully saturated rings. The molecule has 1 N–H and O–H groups in total. The molecule has 0 bridgehead atoms. The number of nitrogens with zero attached hydrogens (tertiary/aromatic N) is 1. The van der Waals surface area contributed by atoms with Gasteiger partial charge < -0.3 is 10.1 Å². The highest BCUT2D eigenvalue weighted by Gasteiger charge is 2.50. The van der Waals surface area contributed by atoms with E-state index in [0.717, 1.165) is 42.9 Å². The van der Waals surface area contributed by atoms with Crippen LogP contribution in [0, 0.1) is 11.3 Å². The molecule has 1 aliphatic heterocycles. The zero-order valence-corrected chi connectivity index (χ0v) is 14.4. The molecule has 1 aliphatic carbocycles. The van der Waals surface area contributed by atoms with Gasteiger partial charge in [-0.05, 0) is 72.6 Å². The number of ether oxygens (including phenoxy) is 1. The Morgan fingerprint density at radius 2 is 2.29 bits per heavy atom. The lowest BCUT2D eigenvalue weighted by atomic mass is 9.75. The summed E-state index contributed by atoms with van der Waals surface area (Å²) in [4.78, 5) is 4.60. The molecule has 2 unspecified atom stereocenters. The lowest BCUT2D eigenvalue weighted by Gasteiger charge is -2.34. The van der Waals surface area contributed by atoms with Gasteiger partial charge in [-0.1, -0.05) is 6.92 Å². The first kappa shape index (κ1) is 15.4. The molecular weight excluding hydrogens is 328 g/mol. The Bertz CT molecular complexity index is 460. The topological polar surface area (TPSA) is 34.2 Å². The third-order valence-electron chi connectivity index (χ3n) is 4.78. The molecule has 2 heterocycles. The second-order valence-corrected chi connectivity index (χ2v) is 7.48. The van der Waals surface area contributed by atoms with Crippen LogP contribution >= 0.6 is 15.9 Å². The minimum absolute atomic E-state index is 0.233. The Balaban J connectivity index is 1.76. The minimum Gasteiger partial charge on any atom is -0.377 e. The van der Waals surface area contributed by atoms with E-state index in [2.05, 4.69) is 45.3 Å². The summed E-state index contributed by atoms with van der Waals surface area (Å²) in [6.45, 7) is 5.28. The van der Waals surface area contributed by atoms with Gasteiger partial charge in [0.1, 0.15) is 0 Å². The van der Waals surface area contributed by atoms with Crippen LogP contribution in [0.4, 0.5) is 0 Å². The van der Waals surface area contributed by atoms with Gasteiger partial charge in [-0.25, -0.2) is 0 Å². The zero-order valence-electron chi connectivity index (χ0n) is 12.8. The normalized spacial score (nSPS) is 29.0. The molecule has 2 atom stereocenters. The standard InChI is InChI=1S/C17H25BrN2O/c1-2-8-19-12-17(7-9-21-16(17)13-3-4-13)10-15-6-5-14(18)11-20-15/h5-6,11,13,16,19H,2-4,7-10,12H2,1H3. The summed E-state index contributed by atoms with van der Waals surface area (Å²) in [6.07, 6.45) is 8.38. The van der Waals surface area contributed by atoms with Crippen molar-refractivity contribution >= 4 is 15.9 Å². The number of rotatable bonds is 7. The molecule has 4 heteroatoms. The summed E-state index contributed by atoms with van der Waals surface area (Å²) >= 11 is 3.47. The van der Waals surface area contributed by atoms with Gasteiger partial charge in [0.05, 0.1) is 6.10 Å². The molecule has 0 radical (unpaired) electrons. The second kappa shape index (κ2) is 6.76. The Hall–Kier alpha value is -0.450. The van der Waals surface area contributed by atoms with E-state index in [1.165, 1.54) is 25.0 Å². The van der Waals surface area contributed by atoms with Crippen molar-refractivity contribution in [3.05, 3.63) is 28.5 Å². The Labute approximate surface area is 136 Å². The van der Waals surface area contributed by atoms with Crippen LogP contribution < -0.4 is 5.32 Å². The predicted molar refractivity (Wildman–Crippen MR) is 88.3 cm³/mol. The van der Waals surface area contributed by atoms with Crippen molar-refractivity contribution in [1.29, 1.82) is 0 Å². The van der Waals surface area contributed by atoms with E-state index in [0.29, 0.717) is 6.10 Å². The quantitative estimate of drug-likeness (QED) is 0.761. The molecular formula is C17H25BrN2O. The number of aromatic nitrogens is 1. The molecule has 1 saturated heterocycles. The van der Waals surface area contributed by atoms with Crippen molar-refractivity contribution in [2.75, 3.05) is 19.7 Å². The average molecular weight is 353 g/mol. The largest absolute Gasteiger partial charge is 0.377 e. The third kappa shape index (κ3) is 3.66. The van der Waals surface area contributed by atoms with Crippen LogP contribution in [-0.2, 0) is 11.2 Å². The van der Waals surface area contributed by atoms with Crippen LogP contribution in [0.3, 0.4) is 0 Å². The van der Waals surface area contributed by atoms with Gasteiger partial charge in [-0.2, -0.15) is 0 Å². The van der Waals surface area contributed by atoms with E-state index in [-0.39, 0.29) is 5.41 Å². The predicted octanol–water partition coefficient (Wildman–Crippen LogP) is 3.57. The summed E-state index contributed by atoms with van der Waals surface area (Å²) in [5.74, 6) is 0.784. The van der Waals surface area contributed by atoms with Crippen molar-refractivity contribution < 1.29 is 4.74 Å². The number of hydrogen-bond acceptors (Lipinski definition) is 3. The summed E-state index contributed by atoms with van der Waals surface area (Å²) in [5.41, 5.74) is 1.42. The zero-order chi connectivity index (χ0) is 14.7. The van der Waals surface area contributed by atoms with E-state index in [1.54, 1.807) is 0 Å². The molecule has 0 amide bonds. The average Bonchev–Trinajstić information content (AvgIpc) is 3.24. The highest BCUT2D eigenvalue weighted by molar-refractivity contribution is 9.10. The molecule has 1 aromatic rings. The molecule has 1 aromatic heterocycles. The lowest BCUT2D eigenvalue weighted by molar-refractivity contribution is 0.0303. The third-order valence-corrected chi connectivity index (χ3v) is 5.25. The number of nitrogens with one attached hydrogen (secondary N) is 1. The smallest absolute Gasteiger partial charge is 0.0676 e. The lowest BCUT2D eigenvalue weighted by Crippen LogP contribution is -2.44. The Morgan fingerprint density at radius 3 is 2.95 bits per heavy atom. The molecule has 2 aliphatic rings. The van der Waals surface area contributed by atoms with Gasteiger partial charge >= 0.3 is 0 Å². The van der Waals surface area contributed by atoms with Gasteiger partial charge in [0.25, 0.3) is 0 Å². The van der Waals surface area contributed by atoms with Crippen molar-refractivity contribution in [2.45, 2.75) is 45.1 Å². The van der Waals surface area contributed by atoms with Crippen LogP contribution in [-0.4, -0.2) is 30.8 Å². The van der Waals surface area contributed by atoms with Gasteiger partial charge in [0, 0.05) is 34.9 Å². The van der Waals surface area contributed by atoms with Crippen molar-refractivity contribution in [3.8, 4) is 0 Å². The molecule has 0 spiro atoms. The first-order valence-corrected chi connectivity index (χ1v) is 8.95. The minimum atomic E-state index is 0.233. The number of hydrogen-bond donors (Lipinski definition) is 1. The fourth-order valence-electron chi connectivity index (χ4n) is 3.57. The van der Waals surface area contributed by atoms with E-state index >= 15 is 0 Å². The number of halogens is 1. The van der Waals surface area contributed by atoms with Gasteiger partial charge in [0.15, 0.2) is 0 Å². The monoisotopic (exact) mass is 352 g/mol. The van der Waals surface area contributed by atoms with E-state index in [9.17, 15) is 0 Å². The van der Waals surface area contributed by atoms with E-state index < -0.39 is 0 Å². The molecule has 1 saturated carbocycles. The Morgan fingerprint density at radius 1 is 1.43 bits per heavy atom. The van der Waals surface area contributed by atoms with Crippen LogP contribution in [0.5, 0.6) is 0 Å². The second-order valence-electron chi connectivity index (χ2n) is 6.56. The fraction of sp³-hybridized carbons (Fsp3) is 0.706. The summed E-state index contributed by atoms with van der Waals surface area (Å²) in [5, 5.41) is 3.65. The van der Waals surface area contributed by atoms with E-state index in [4.69, 9.17) is 4.74 Å². The first-order valence-electron chi connectivity index (χ1n) is 8.16. The van der Waals surface area contributed by atoms with Gasteiger partial charge in [-0.3, -0.25) is 4.98 Å². The molecule has 0 aromatic carbocycles. The first-order chi connectivity index (χ1) is 10.2. The van der Waals surface area contributed by atoms with Crippen LogP contribution in [0.25, 0.3) is 0 Å². The number of pyridine rings is 1. The summed E-state index contributed by atoms with van der Waals surface area (Å²) < 4.78 is 7.19. The maximum absolute atomic E-state index is 6.14. The molecule has 3 nitrogen and oxygen atoms in total. The van der Waals surface area contributed by atoms with Gasteiger partial charge in [0.2, 0.25) is 0 Å². The highest BCUT2D eigenvalue weighted by Crippen LogP contribution is 2.49. The van der Waals surface area contributed by atoms with Gasteiger partial charge in [-0.15, -0.1) is 0 Å². The molecule has 3 rings (SSSR count). The fourth-order valence-corrected chi connectivity index (χ4v) is 3.80. The SMILES string of the molecule is CCCNCC1(Cc2ccc(Br)cn2)CCOC1C1CC1. The Kier molecular flexibility index (Phi) is 4.97. The van der Waals surface area contributed by atoms with Crippen LogP contribution in [0.15, 0.2) is 22.8 Å². The maximum Gasteiger partial charge on any atom is 0.0676 e. The van der Waals surface area contributed by atoms with Crippen LogP contribution in [0.1, 0.15) is 38.3 Å². The van der Waals surface area contributed by atoms with Crippen molar-refractivity contribution in [1.82, 2.24) is 10.3 Å².